The number of fused-ring (bicyclic) bond motifs is 1. The summed E-state index contributed by atoms with van der Waals surface area (Å²) in [7, 11) is 0. The van der Waals surface area contributed by atoms with E-state index in [1.807, 2.05) is 12.1 Å². The van der Waals surface area contributed by atoms with Gasteiger partial charge in [0.25, 0.3) is 5.89 Å². The molecule has 4 aromatic rings. The predicted octanol–water partition coefficient (Wildman–Crippen LogP) is 3.69. The Morgan fingerprint density at radius 1 is 1.07 bits per heavy atom. The van der Waals surface area contributed by atoms with E-state index < -0.39 is 5.97 Å². The van der Waals surface area contributed by atoms with Crippen molar-refractivity contribution >= 4 is 23.1 Å². The smallest absolute Gasteiger partial charge is 0.331 e. The molecule has 2 heterocycles. The molecule has 9 heteroatoms. The van der Waals surface area contributed by atoms with Crippen molar-refractivity contribution in [3.8, 4) is 5.75 Å². The Balaban J connectivity index is 1.26. The number of hydrogen-bond acceptors (Lipinski definition) is 8. The number of ether oxygens (including phenoxy) is 2. The van der Waals surface area contributed by atoms with E-state index in [2.05, 4.69) is 15.1 Å². The molecule has 0 atom stereocenters. The van der Waals surface area contributed by atoms with Crippen LogP contribution in [-0.2, 0) is 22.7 Å². The van der Waals surface area contributed by atoms with E-state index >= 15 is 0 Å². The zero-order valence-electron chi connectivity index (χ0n) is 14.9. The summed E-state index contributed by atoms with van der Waals surface area (Å²) >= 11 is 0. The molecule has 0 aliphatic carbocycles. The molecule has 0 amide bonds. The maximum absolute atomic E-state index is 12.9. The van der Waals surface area contributed by atoms with Gasteiger partial charge in [0, 0.05) is 12.2 Å². The third-order valence-corrected chi connectivity index (χ3v) is 3.70. The van der Waals surface area contributed by atoms with Crippen LogP contribution in [0.3, 0.4) is 0 Å². The largest absolute Gasteiger partial charge is 0.485 e. The van der Waals surface area contributed by atoms with Crippen molar-refractivity contribution in [2.45, 2.75) is 13.2 Å². The van der Waals surface area contributed by atoms with Gasteiger partial charge in [-0.1, -0.05) is 17.3 Å². The Morgan fingerprint density at radius 2 is 1.90 bits per heavy atom. The van der Waals surface area contributed by atoms with Gasteiger partial charge in [-0.05, 0) is 36.4 Å². The maximum atomic E-state index is 12.9. The monoisotopic (exact) mass is 395 g/mol. The Morgan fingerprint density at radius 3 is 2.72 bits per heavy atom. The number of esters is 1. The fourth-order valence-electron chi connectivity index (χ4n) is 2.37. The highest BCUT2D eigenvalue weighted by atomic mass is 19.1. The lowest BCUT2D eigenvalue weighted by atomic mass is 10.3. The topological polar surface area (TPSA) is 100 Å². The molecule has 0 saturated heterocycles. The van der Waals surface area contributed by atoms with Gasteiger partial charge in [0.2, 0.25) is 11.7 Å². The van der Waals surface area contributed by atoms with Crippen molar-refractivity contribution in [3.63, 3.8) is 0 Å². The number of aromatic nitrogens is 3. The fraction of sp³-hybridized carbons (Fsp3) is 0.100. The number of benzene rings is 2. The number of para-hydroxylation sites is 2. The van der Waals surface area contributed by atoms with Gasteiger partial charge in [0.15, 0.2) is 18.8 Å². The number of hydrogen-bond donors (Lipinski definition) is 0. The minimum atomic E-state index is -0.616. The van der Waals surface area contributed by atoms with Gasteiger partial charge < -0.3 is 18.4 Å². The summed E-state index contributed by atoms with van der Waals surface area (Å²) in [6.45, 7) is -0.166. The lowest BCUT2D eigenvalue weighted by Crippen LogP contribution is -2.02. The SMILES string of the molecule is O=C(/C=C/c1nc2ccccc2o1)OCc1nc(COc2ccc(F)cc2)no1. The molecule has 8 nitrogen and oxygen atoms in total. The molecule has 0 fully saturated rings. The molecule has 0 radical (unpaired) electrons. The van der Waals surface area contributed by atoms with Crippen LogP contribution in [-0.4, -0.2) is 21.1 Å². The van der Waals surface area contributed by atoms with Crippen LogP contribution in [0.1, 0.15) is 17.6 Å². The van der Waals surface area contributed by atoms with Gasteiger partial charge in [-0.2, -0.15) is 4.98 Å². The summed E-state index contributed by atoms with van der Waals surface area (Å²) in [4.78, 5) is 20.1. The van der Waals surface area contributed by atoms with E-state index in [0.29, 0.717) is 22.7 Å². The Kier molecular flexibility index (Phi) is 5.28. The summed E-state index contributed by atoms with van der Waals surface area (Å²) in [5.41, 5.74) is 1.32. The first-order chi connectivity index (χ1) is 14.2. The van der Waals surface area contributed by atoms with Crippen LogP contribution >= 0.6 is 0 Å². The Bertz CT molecular complexity index is 1120. The van der Waals surface area contributed by atoms with Gasteiger partial charge >= 0.3 is 5.97 Å². The maximum Gasteiger partial charge on any atom is 0.331 e. The molecule has 29 heavy (non-hydrogen) atoms. The summed E-state index contributed by atoms with van der Waals surface area (Å²) < 4.78 is 33.8. The standard InChI is InChI=1S/C20H14FN3O5/c21-13-5-7-14(8-6-13)26-11-17-23-19(29-24-17)12-27-20(25)10-9-18-22-15-3-1-2-4-16(15)28-18/h1-10H,11-12H2/b10-9+. The molecule has 0 bridgehead atoms. The third-order valence-electron chi connectivity index (χ3n) is 3.70. The molecular weight excluding hydrogens is 381 g/mol. The molecule has 2 aromatic carbocycles. The second-order valence-corrected chi connectivity index (χ2v) is 5.81. The average molecular weight is 395 g/mol. The lowest BCUT2D eigenvalue weighted by molar-refractivity contribution is -0.139. The number of carbonyl (C=O) groups excluding carboxylic acids is 1. The normalized spacial score (nSPS) is 11.2. The average Bonchev–Trinajstić information content (AvgIpc) is 3.36. The summed E-state index contributed by atoms with van der Waals surface area (Å²) in [6, 6.07) is 12.8. The summed E-state index contributed by atoms with van der Waals surface area (Å²) in [6.07, 6.45) is 2.61. The van der Waals surface area contributed by atoms with Gasteiger partial charge in [-0.3, -0.25) is 0 Å². The van der Waals surface area contributed by atoms with Crippen molar-refractivity contribution in [2.75, 3.05) is 0 Å². The molecule has 4 rings (SSSR count). The molecule has 2 aromatic heterocycles. The number of oxazole rings is 1. The van der Waals surface area contributed by atoms with Gasteiger partial charge in [0.1, 0.15) is 17.1 Å². The molecule has 0 unspecified atom stereocenters. The van der Waals surface area contributed by atoms with Crippen molar-refractivity contribution in [1.29, 1.82) is 0 Å². The van der Waals surface area contributed by atoms with Gasteiger partial charge in [0.05, 0.1) is 0 Å². The van der Waals surface area contributed by atoms with Crippen LogP contribution < -0.4 is 4.74 Å². The van der Waals surface area contributed by atoms with Crippen LogP contribution in [0.25, 0.3) is 17.2 Å². The highest BCUT2D eigenvalue weighted by Gasteiger charge is 2.10. The van der Waals surface area contributed by atoms with E-state index in [0.717, 1.165) is 0 Å². The van der Waals surface area contributed by atoms with Crippen molar-refractivity contribution in [3.05, 3.63) is 78.0 Å². The highest BCUT2D eigenvalue weighted by Crippen LogP contribution is 2.16. The molecule has 146 valence electrons. The Hall–Kier alpha value is -4.01. The highest BCUT2D eigenvalue weighted by molar-refractivity contribution is 5.86. The first-order valence-electron chi connectivity index (χ1n) is 8.56. The van der Waals surface area contributed by atoms with Crippen LogP contribution in [0, 0.1) is 5.82 Å². The van der Waals surface area contributed by atoms with Crippen LogP contribution in [0.2, 0.25) is 0 Å². The molecule has 0 saturated carbocycles. The Labute approximate surface area is 163 Å². The van der Waals surface area contributed by atoms with E-state index in [1.54, 1.807) is 12.1 Å². The minimum absolute atomic E-state index is 0.0285. The number of halogens is 1. The van der Waals surface area contributed by atoms with Crippen LogP contribution in [0.15, 0.2) is 63.5 Å². The number of carbonyl (C=O) groups is 1. The quantitative estimate of drug-likeness (QED) is 0.345. The van der Waals surface area contributed by atoms with Gasteiger partial charge in [-0.15, -0.1) is 0 Å². The van der Waals surface area contributed by atoms with E-state index in [4.69, 9.17) is 18.4 Å². The van der Waals surface area contributed by atoms with Crippen molar-refractivity contribution in [1.82, 2.24) is 15.1 Å². The second kappa shape index (κ2) is 8.34. The first-order valence-corrected chi connectivity index (χ1v) is 8.56. The van der Waals surface area contributed by atoms with Crippen LogP contribution in [0.4, 0.5) is 4.39 Å². The predicted molar refractivity (Wildman–Crippen MR) is 97.9 cm³/mol. The third kappa shape index (κ3) is 4.83. The molecular formula is C20H14FN3O5. The van der Waals surface area contributed by atoms with E-state index in [9.17, 15) is 9.18 Å². The number of nitrogens with zero attached hydrogens (tertiary/aromatic N) is 3. The van der Waals surface area contributed by atoms with Gasteiger partial charge in [-0.25, -0.2) is 14.2 Å². The molecule has 0 aliphatic heterocycles. The molecule has 0 spiro atoms. The van der Waals surface area contributed by atoms with Crippen molar-refractivity contribution < 1.29 is 27.6 Å². The number of rotatable bonds is 7. The molecule has 0 aliphatic rings. The van der Waals surface area contributed by atoms with E-state index in [-0.39, 0.29) is 30.7 Å². The zero-order chi connectivity index (χ0) is 20.1. The fourth-order valence-corrected chi connectivity index (χ4v) is 2.37. The first kappa shape index (κ1) is 18.4. The zero-order valence-corrected chi connectivity index (χ0v) is 14.9. The van der Waals surface area contributed by atoms with Crippen molar-refractivity contribution in [2.24, 2.45) is 0 Å². The van der Waals surface area contributed by atoms with Crippen LogP contribution in [0.5, 0.6) is 5.75 Å². The van der Waals surface area contributed by atoms with E-state index in [1.165, 1.54) is 36.4 Å². The molecule has 0 N–H and O–H groups in total. The second-order valence-electron chi connectivity index (χ2n) is 5.81. The lowest BCUT2D eigenvalue weighted by Gasteiger charge is -2.01. The minimum Gasteiger partial charge on any atom is -0.485 e. The summed E-state index contributed by atoms with van der Waals surface area (Å²) in [5.74, 6) is 0.170. The summed E-state index contributed by atoms with van der Waals surface area (Å²) in [5, 5.41) is 3.73.